The average molecular weight is 368 g/mol. The van der Waals surface area contributed by atoms with E-state index in [-0.39, 0.29) is 17.8 Å². The molecule has 0 radical (unpaired) electrons. The van der Waals surface area contributed by atoms with Gasteiger partial charge >= 0.3 is 0 Å². The number of ether oxygens (including phenoxy) is 1. The fourth-order valence-corrected chi connectivity index (χ4v) is 4.44. The Hall–Kier alpha value is -1.61. The van der Waals surface area contributed by atoms with Gasteiger partial charge in [0.1, 0.15) is 21.0 Å². The van der Waals surface area contributed by atoms with Crippen molar-refractivity contribution in [1.82, 2.24) is 4.72 Å². The van der Waals surface area contributed by atoms with Crippen LogP contribution in [0, 0.1) is 12.7 Å². The van der Waals surface area contributed by atoms with Gasteiger partial charge in [0.2, 0.25) is 0 Å². The summed E-state index contributed by atoms with van der Waals surface area (Å²) in [4.78, 5) is 12.7. The predicted molar refractivity (Wildman–Crippen MR) is 92.2 cm³/mol. The van der Waals surface area contributed by atoms with Gasteiger partial charge in [-0.1, -0.05) is 0 Å². The number of hydrogen-bond donors (Lipinski definition) is 2. The Balaban J connectivity index is 1.64. The van der Waals surface area contributed by atoms with Gasteiger partial charge < -0.3 is 10.1 Å². The second kappa shape index (κ2) is 7.52. The number of aryl methyl sites for hydroxylation is 1. The van der Waals surface area contributed by atoms with Crippen molar-refractivity contribution in [3.8, 4) is 0 Å². The summed E-state index contributed by atoms with van der Waals surface area (Å²) in [6, 6.07) is 7.78. The molecule has 2 unspecified atom stereocenters. The van der Waals surface area contributed by atoms with E-state index < -0.39 is 11.0 Å². The van der Waals surface area contributed by atoms with Crippen LogP contribution in [-0.2, 0) is 15.7 Å². The first-order chi connectivity index (χ1) is 11.5. The summed E-state index contributed by atoms with van der Waals surface area (Å²) in [5.74, 6) is -0.623. The van der Waals surface area contributed by atoms with Gasteiger partial charge in [-0.2, -0.15) is 0 Å². The summed E-state index contributed by atoms with van der Waals surface area (Å²) in [6.45, 7) is 2.86. The molecule has 2 N–H and O–H groups in total. The van der Waals surface area contributed by atoms with Gasteiger partial charge in [0.25, 0.3) is 5.91 Å². The van der Waals surface area contributed by atoms with Gasteiger partial charge in [0, 0.05) is 18.3 Å². The smallest absolute Gasteiger partial charge is 0.265 e. The molecule has 1 aliphatic heterocycles. The quantitative estimate of drug-likeness (QED) is 0.853. The van der Waals surface area contributed by atoms with Crippen molar-refractivity contribution < 1.29 is 18.1 Å². The third-order valence-corrected chi connectivity index (χ3v) is 6.24. The second-order valence-corrected chi connectivity index (χ2v) is 8.04. The van der Waals surface area contributed by atoms with Crippen LogP contribution in [-0.4, -0.2) is 29.4 Å². The highest BCUT2D eigenvalue weighted by Gasteiger charge is 2.20. The molecule has 2 aromatic rings. The van der Waals surface area contributed by atoms with Crippen molar-refractivity contribution >= 4 is 33.9 Å². The number of nitrogens with one attached hydrogen (secondary N) is 2. The molecule has 2 atom stereocenters. The SMILES string of the molecule is Cc1cc(NC(=O)c2ccc(S(=O)NC3CCOC3)s2)ccc1F. The Kier molecular flexibility index (Phi) is 5.40. The summed E-state index contributed by atoms with van der Waals surface area (Å²) in [6.07, 6.45) is 0.828. The highest BCUT2D eigenvalue weighted by molar-refractivity contribution is 7.85. The fraction of sp³-hybridized carbons (Fsp3) is 0.312. The number of carbonyl (C=O) groups is 1. The predicted octanol–water partition coefficient (Wildman–Crippen LogP) is 2.85. The molecule has 0 spiro atoms. The van der Waals surface area contributed by atoms with Gasteiger partial charge in [0.15, 0.2) is 0 Å². The number of anilines is 1. The van der Waals surface area contributed by atoms with E-state index in [0.717, 1.165) is 6.42 Å². The zero-order valence-electron chi connectivity index (χ0n) is 13.0. The van der Waals surface area contributed by atoms with E-state index in [9.17, 15) is 13.4 Å². The third-order valence-electron chi connectivity index (χ3n) is 3.61. The molecule has 1 aliphatic rings. The van der Waals surface area contributed by atoms with E-state index >= 15 is 0 Å². The number of amides is 1. The molecule has 3 rings (SSSR count). The van der Waals surface area contributed by atoms with Gasteiger partial charge in [0.05, 0.1) is 11.5 Å². The van der Waals surface area contributed by atoms with Crippen LogP contribution in [0.25, 0.3) is 0 Å². The topological polar surface area (TPSA) is 67.4 Å². The van der Waals surface area contributed by atoms with Gasteiger partial charge in [-0.15, -0.1) is 11.3 Å². The van der Waals surface area contributed by atoms with Crippen LogP contribution in [0.15, 0.2) is 34.5 Å². The molecule has 1 amide bonds. The standard InChI is InChI=1S/C16H17FN2O3S2/c1-10-8-11(2-3-13(10)17)18-16(20)14-4-5-15(23-14)24(21)19-12-6-7-22-9-12/h2-5,8,12,19H,6-7,9H2,1H3,(H,18,20). The van der Waals surface area contributed by atoms with Crippen molar-refractivity contribution in [3.63, 3.8) is 0 Å². The molecule has 0 bridgehead atoms. The second-order valence-electron chi connectivity index (χ2n) is 5.48. The molecule has 0 saturated carbocycles. The van der Waals surface area contributed by atoms with Gasteiger partial charge in [-0.25, -0.2) is 13.3 Å². The van der Waals surface area contributed by atoms with Crippen molar-refractivity contribution in [2.24, 2.45) is 0 Å². The fourth-order valence-electron chi connectivity index (χ4n) is 2.29. The van der Waals surface area contributed by atoms with E-state index in [2.05, 4.69) is 10.0 Å². The molecule has 0 aliphatic carbocycles. The molecule has 1 saturated heterocycles. The third kappa shape index (κ3) is 4.07. The minimum absolute atomic E-state index is 0.0763. The molecule has 2 heterocycles. The first kappa shape index (κ1) is 17.2. The first-order valence-corrected chi connectivity index (χ1v) is 9.42. The minimum atomic E-state index is -1.36. The highest BCUT2D eigenvalue weighted by Crippen LogP contribution is 2.22. The van der Waals surface area contributed by atoms with Crippen LogP contribution in [0.2, 0.25) is 0 Å². The lowest BCUT2D eigenvalue weighted by molar-refractivity contribution is 0.103. The maximum Gasteiger partial charge on any atom is 0.265 e. The van der Waals surface area contributed by atoms with Crippen molar-refractivity contribution in [2.45, 2.75) is 23.6 Å². The number of halogens is 1. The van der Waals surface area contributed by atoms with Crippen molar-refractivity contribution in [3.05, 3.63) is 46.6 Å². The molecule has 128 valence electrons. The van der Waals surface area contributed by atoms with Crippen LogP contribution in [0.1, 0.15) is 21.7 Å². The molecular formula is C16H17FN2O3S2. The summed E-state index contributed by atoms with van der Waals surface area (Å²) in [5, 5.41) is 2.72. The van der Waals surface area contributed by atoms with Crippen molar-refractivity contribution in [2.75, 3.05) is 18.5 Å². The summed E-state index contributed by atoms with van der Waals surface area (Å²) >= 11 is 1.17. The van der Waals surface area contributed by atoms with Crippen LogP contribution in [0.5, 0.6) is 0 Å². The lowest BCUT2D eigenvalue weighted by atomic mass is 10.2. The van der Waals surface area contributed by atoms with Crippen LogP contribution in [0.4, 0.5) is 10.1 Å². The maximum atomic E-state index is 13.3. The molecule has 1 aromatic carbocycles. The first-order valence-electron chi connectivity index (χ1n) is 7.46. The van der Waals surface area contributed by atoms with E-state index in [1.165, 1.54) is 23.5 Å². The molecule has 8 heteroatoms. The number of carbonyl (C=O) groups excluding carboxylic acids is 1. The van der Waals surface area contributed by atoms with Gasteiger partial charge in [-0.05, 0) is 49.2 Å². The Morgan fingerprint density at radius 3 is 2.92 bits per heavy atom. The average Bonchev–Trinajstić information content (AvgIpc) is 3.22. The molecule has 5 nitrogen and oxygen atoms in total. The summed E-state index contributed by atoms with van der Waals surface area (Å²) in [5.41, 5.74) is 0.986. The Bertz CT molecular complexity index is 772. The monoisotopic (exact) mass is 368 g/mol. The summed E-state index contributed by atoms with van der Waals surface area (Å²) in [7, 11) is -1.36. The number of rotatable bonds is 5. The molecule has 1 fully saturated rings. The lowest BCUT2D eigenvalue weighted by Gasteiger charge is -2.08. The van der Waals surface area contributed by atoms with Crippen LogP contribution < -0.4 is 10.0 Å². The Morgan fingerprint density at radius 1 is 1.38 bits per heavy atom. The number of benzene rings is 1. The van der Waals surface area contributed by atoms with Gasteiger partial charge in [-0.3, -0.25) is 4.79 Å². The highest BCUT2D eigenvalue weighted by atomic mass is 32.2. The number of thiophene rings is 1. The molecule has 1 aromatic heterocycles. The van der Waals surface area contributed by atoms with Crippen LogP contribution >= 0.6 is 11.3 Å². The Morgan fingerprint density at radius 2 is 2.21 bits per heavy atom. The van der Waals surface area contributed by atoms with E-state index in [4.69, 9.17) is 4.74 Å². The molecular weight excluding hydrogens is 351 g/mol. The zero-order valence-corrected chi connectivity index (χ0v) is 14.6. The lowest BCUT2D eigenvalue weighted by Crippen LogP contribution is -2.30. The number of hydrogen-bond acceptors (Lipinski definition) is 4. The molecule has 24 heavy (non-hydrogen) atoms. The minimum Gasteiger partial charge on any atom is -0.380 e. The van der Waals surface area contributed by atoms with Crippen molar-refractivity contribution in [1.29, 1.82) is 0 Å². The Labute approximate surface area is 145 Å². The normalized spacial score (nSPS) is 18.5. The van der Waals surface area contributed by atoms with E-state index in [0.29, 0.717) is 33.6 Å². The largest absolute Gasteiger partial charge is 0.380 e. The van der Waals surface area contributed by atoms with E-state index in [1.807, 2.05) is 0 Å². The van der Waals surface area contributed by atoms with Crippen LogP contribution in [0.3, 0.4) is 0 Å². The summed E-state index contributed by atoms with van der Waals surface area (Å²) < 4.78 is 34.3. The maximum absolute atomic E-state index is 13.3. The van der Waals surface area contributed by atoms with E-state index in [1.54, 1.807) is 25.1 Å². The zero-order chi connectivity index (χ0) is 17.1.